The van der Waals surface area contributed by atoms with Gasteiger partial charge >= 0.3 is 0 Å². The Morgan fingerprint density at radius 3 is 2.00 bits per heavy atom. The van der Waals surface area contributed by atoms with Crippen LogP contribution in [-0.4, -0.2) is 32.5 Å². The Hall–Kier alpha value is -1.68. The molecule has 1 unspecified atom stereocenters. The second kappa shape index (κ2) is 6.31. The first-order chi connectivity index (χ1) is 8.53. The van der Waals surface area contributed by atoms with Crippen molar-refractivity contribution in [2.24, 2.45) is 0 Å². The van der Waals surface area contributed by atoms with Crippen molar-refractivity contribution in [3.8, 4) is 17.2 Å². The third-order valence-electron chi connectivity index (χ3n) is 2.78. The molecule has 0 saturated heterocycles. The van der Waals surface area contributed by atoms with Gasteiger partial charge in [-0.15, -0.1) is 0 Å². The van der Waals surface area contributed by atoms with Gasteiger partial charge in [0.05, 0.1) is 27.4 Å². The van der Waals surface area contributed by atoms with Crippen molar-refractivity contribution in [2.75, 3.05) is 21.3 Å². The van der Waals surface area contributed by atoms with Gasteiger partial charge in [-0.2, -0.15) is 0 Å². The molecule has 0 aliphatic rings. The molecular weight excluding hydrogens is 232 g/mol. The molecule has 1 atom stereocenters. The number of ether oxygens (including phenoxy) is 3. The second-order valence-corrected chi connectivity index (χ2v) is 4.01. The first-order valence-electron chi connectivity index (χ1n) is 5.69. The standard InChI is InChI=1S/C14H20O4/c1-9(10(2)15)6-11-7-13(17-4)14(18-5)8-12(11)16-3/h6-8,10,15H,1-5H3/b9-6-. The molecule has 0 aliphatic carbocycles. The highest BCUT2D eigenvalue weighted by molar-refractivity contribution is 5.65. The fourth-order valence-electron chi connectivity index (χ4n) is 1.53. The molecule has 0 saturated carbocycles. The van der Waals surface area contributed by atoms with Gasteiger partial charge in [-0.25, -0.2) is 0 Å². The molecule has 0 fully saturated rings. The Kier molecular flexibility index (Phi) is 5.04. The van der Waals surface area contributed by atoms with Crippen LogP contribution in [0.15, 0.2) is 17.7 Å². The second-order valence-electron chi connectivity index (χ2n) is 4.01. The fourth-order valence-corrected chi connectivity index (χ4v) is 1.53. The van der Waals surface area contributed by atoms with Gasteiger partial charge in [-0.1, -0.05) is 0 Å². The summed E-state index contributed by atoms with van der Waals surface area (Å²) in [5.74, 6) is 1.91. The first-order valence-corrected chi connectivity index (χ1v) is 5.69. The molecular formula is C14H20O4. The predicted octanol–water partition coefficient (Wildman–Crippen LogP) is 2.50. The summed E-state index contributed by atoms with van der Waals surface area (Å²) in [7, 11) is 4.75. The van der Waals surface area contributed by atoms with E-state index in [1.807, 2.05) is 19.1 Å². The average Bonchev–Trinajstić information content (AvgIpc) is 2.37. The van der Waals surface area contributed by atoms with Crippen molar-refractivity contribution in [2.45, 2.75) is 20.0 Å². The number of rotatable bonds is 5. The molecule has 1 N–H and O–H groups in total. The van der Waals surface area contributed by atoms with E-state index < -0.39 is 6.10 Å². The number of aliphatic hydroxyl groups excluding tert-OH is 1. The van der Waals surface area contributed by atoms with Crippen LogP contribution in [0.3, 0.4) is 0 Å². The van der Waals surface area contributed by atoms with Crippen LogP contribution in [0.4, 0.5) is 0 Å². The minimum Gasteiger partial charge on any atom is -0.496 e. The number of hydrogen-bond acceptors (Lipinski definition) is 4. The summed E-state index contributed by atoms with van der Waals surface area (Å²) in [6, 6.07) is 3.59. The van der Waals surface area contributed by atoms with Crippen molar-refractivity contribution in [3.63, 3.8) is 0 Å². The van der Waals surface area contributed by atoms with E-state index in [9.17, 15) is 5.11 Å². The molecule has 0 heterocycles. The van der Waals surface area contributed by atoms with Crippen molar-refractivity contribution < 1.29 is 19.3 Å². The summed E-state index contributed by atoms with van der Waals surface area (Å²) in [5.41, 5.74) is 1.69. The topological polar surface area (TPSA) is 47.9 Å². The zero-order chi connectivity index (χ0) is 13.7. The Morgan fingerprint density at radius 1 is 1.06 bits per heavy atom. The third kappa shape index (κ3) is 3.17. The zero-order valence-corrected chi connectivity index (χ0v) is 11.5. The molecule has 0 aliphatic heterocycles. The lowest BCUT2D eigenvalue weighted by atomic mass is 10.1. The minimum atomic E-state index is -0.497. The molecule has 18 heavy (non-hydrogen) atoms. The molecule has 100 valence electrons. The molecule has 0 bridgehead atoms. The average molecular weight is 252 g/mol. The van der Waals surface area contributed by atoms with Gasteiger partial charge < -0.3 is 19.3 Å². The van der Waals surface area contributed by atoms with Crippen LogP contribution in [0.1, 0.15) is 19.4 Å². The van der Waals surface area contributed by atoms with Gasteiger partial charge in [0, 0.05) is 11.6 Å². The fraction of sp³-hybridized carbons (Fsp3) is 0.429. The molecule has 1 aromatic rings. The Morgan fingerprint density at radius 2 is 1.56 bits per heavy atom. The summed E-state index contributed by atoms with van der Waals surface area (Å²) < 4.78 is 15.8. The smallest absolute Gasteiger partial charge is 0.164 e. The lowest BCUT2D eigenvalue weighted by Gasteiger charge is -2.13. The quantitative estimate of drug-likeness (QED) is 0.874. The van der Waals surface area contributed by atoms with E-state index in [0.29, 0.717) is 17.2 Å². The van der Waals surface area contributed by atoms with Crippen molar-refractivity contribution in [1.29, 1.82) is 0 Å². The van der Waals surface area contributed by atoms with E-state index in [1.54, 1.807) is 34.3 Å². The van der Waals surface area contributed by atoms with Gasteiger partial charge in [-0.3, -0.25) is 0 Å². The van der Waals surface area contributed by atoms with Gasteiger partial charge in [0.15, 0.2) is 11.5 Å². The van der Waals surface area contributed by atoms with E-state index in [4.69, 9.17) is 14.2 Å². The SMILES string of the molecule is COc1cc(OC)c(OC)cc1/C=C(/C)C(C)O. The Balaban J connectivity index is 3.30. The molecule has 4 heteroatoms. The summed E-state index contributed by atoms with van der Waals surface area (Å²) in [4.78, 5) is 0. The summed E-state index contributed by atoms with van der Waals surface area (Å²) in [6.07, 6.45) is 1.37. The van der Waals surface area contributed by atoms with Crippen LogP contribution in [0.5, 0.6) is 17.2 Å². The van der Waals surface area contributed by atoms with Gasteiger partial charge in [0.25, 0.3) is 0 Å². The maximum atomic E-state index is 9.51. The number of aliphatic hydroxyl groups is 1. The van der Waals surface area contributed by atoms with Crippen LogP contribution < -0.4 is 14.2 Å². The highest BCUT2D eigenvalue weighted by Crippen LogP contribution is 2.35. The molecule has 0 amide bonds. The minimum absolute atomic E-state index is 0.497. The highest BCUT2D eigenvalue weighted by atomic mass is 16.5. The molecule has 0 spiro atoms. The van der Waals surface area contributed by atoms with Crippen molar-refractivity contribution in [3.05, 3.63) is 23.3 Å². The van der Waals surface area contributed by atoms with Crippen LogP contribution >= 0.6 is 0 Å². The van der Waals surface area contributed by atoms with Crippen LogP contribution in [0.2, 0.25) is 0 Å². The van der Waals surface area contributed by atoms with E-state index in [0.717, 1.165) is 11.1 Å². The summed E-state index contributed by atoms with van der Waals surface area (Å²) >= 11 is 0. The van der Waals surface area contributed by atoms with E-state index in [-0.39, 0.29) is 0 Å². The Labute approximate surface area is 108 Å². The molecule has 4 nitrogen and oxygen atoms in total. The molecule has 0 radical (unpaired) electrons. The van der Waals surface area contributed by atoms with E-state index in [2.05, 4.69) is 0 Å². The first kappa shape index (κ1) is 14.4. The van der Waals surface area contributed by atoms with Gasteiger partial charge in [-0.05, 0) is 31.6 Å². The van der Waals surface area contributed by atoms with Gasteiger partial charge in [0.1, 0.15) is 5.75 Å². The van der Waals surface area contributed by atoms with Crippen LogP contribution in [0.25, 0.3) is 6.08 Å². The lowest BCUT2D eigenvalue weighted by Crippen LogP contribution is -2.01. The predicted molar refractivity (Wildman–Crippen MR) is 71.4 cm³/mol. The van der Waals surface area contributed by atoms with Crippen LogP contribution in [0, 0.1) is 0 Å². The van der Waals surface area contributed by atoms with E-state index >= 15 is 0 Å². The highest BCUT2D eigenvalue weighted by Gasteiger charge is 2.11. The largest absolute Gasteiger partial charge is 0.496 e. The zero-order valence-electron chi connectivity index (χ0n) is 11.5. The Bertz CT molecular complexity index is 436. The maximum absolute atomic E-state index is 9.51. The van der Waals surface area contributed by atoms with Crippen molar-refractivity contribution >= 4 is 6.08 Å². The third-order valence-corrected chi connectivity index (χ3v) is 2.78. The maximum Gasteiger partial charge on any atom is 0.164 e. The number of methoxy groups -OCH3 is 3. The molecule has 1 aromatic carbocycles. The lowest BCUT2D eigenvalue weighted by molar-refractivity contribution is 0.232. The van der Waals surface area contributed by atoms with Crippen molar-refractivity contribution in [1.82, 2.24) is 0 Å². The monoisotopic (exact) mass is 252 g/mol. The normalized spacial score (nSPS) is 13.1. The summed E-state index contributed by atoms with van der Waals surface area (Å²) in [5, 5.41) is 9.51. The van der Waals surface area contributed by atoms with E-state index in [1.165, 1.54) is 0 Å². The van der Waals surface area contributed by atoms with Gasteiger partial charge in [0.2, 0.25) is 0 Å². The number of hydrogen-bond donors (Lipinski definition) is 1. The number of benzene rings is 1. The van der Waals surface area contributed by atoms with Crippen LogP contribution in [-0.2, 0) is 0 Å². The summed E-state index contributed by atoms with van der Waals surface area (Å²) in [6.45, 7) is 3.58. The molecule has 1 rings (SSSR count). The molecule has 0 aromatic heterocycles.